The van der Waals surface area contributed by atoms with Gasteiger partial charge in [-0.05, 0) is 19.1 Å². The molecule has 1 unspecified atom stereocenters. The van der Waals surface area contributed by atoms with E-state index < -0.39 is 0 Å². The molecule has 0 aliphatic rings. The number of nitrogens with two attached hydrogens (primary N) is 1. The summed E-state index contributed by atoms with van der Waals surface area (Å²) in [6, 6.07) is 5.39. The Kier molecular flexibility index (Phi) is 3.59. The number of ether oxygens (including phenoxy) is 1. The molecule has 0 fully saturated rings. The number of rotatable bonds is 4. The maximum atomic E-state index is 8.86. The third-order valence-electron chi connectivity index (χ3n) is 1.93. The lowest BCUT2D eigenvalue weighted by atomic mass is 10.2. The van der Waals surface area contributed by atoms with Crippen LogP contribution < -0.4 is 15.8 Å². The summed E-state index contributed by atoms with van der Waals surface area (Å²) in [6.45, 7) is 1.95. The Labute approximate surface area is 83.7 Å². The van der Waals surface area contributed by atoms with Crippen molar-refractivity contribution >= 4 is 11.4 Å². The van der Waals surface area contributed by atoms with Gasteiger partial charge in [-0.25, -0.2) is 0 Å². The van der Waals surface area contributed by atoms with Gasteiger partial charge < -0.3 is 20.9 Å². The van der Waals surface area contributed by atoms with Crippen molar-refractivity contribution in [1.82, 2.24) is 0 Å². The number of aliphatic hydroxyl groups excluding tert-OH is 1. The van der Waals surface area contributed by atoms with E-state index in [1.807, 2.05) is 19.1 Å². The van der Waals surface area contributed by atoms with Crippen LogP contribution in [0.15, 0.2) is 18.2 Å². The van der Waals surface area contributed by atoms with Crippen LogP contribution in [-0.2, 0) is 0 Å². The molecule has 0 saturated heterocycles. The van der Waals surface area contributed by atoms with Crippen LogP contribution in [0.3, 0.4) is 0 Å². The van der Waals surface area contributed by atoms with Crippen LogP contribution in [0.25, 0.3) is 0 Å². The molecule has 4 nitrogen and oxygen atoms in total. The van der Waals surface area contributed by atoms with E-state index in [1.54, 1.807) is 13.2 Å². The fraction of sp³-hybridized carbons (Fsp3) is 0.400. The molecule has 0 saturated carbocycles. The Balaban J connectivity index is 2.78. The minimum atomic E-state index is -0.00862. The first-order chi connectivity index (χ1) is 6.67. The van der Waals surface area contributed by atoms with E-state index in [0.29, 0.717) is 5.69 Å². The lowest BCUT2D eigenvalue weighted by Gasteiger charge is -2.14. The predicted octanol–water partition coefficient (Wildman–Crippen LogP) is 1.07. The highest BCUT2D eigenvalue weighted by Crippen LogP contribution is 2.24. The lowest BCUT2D eigenvalue weighted by Crippen LogP contribution is -2.19. The Hall–Kier alpha value is -1.42. The predicted molar refractivity (Wildman–Crippen MR) is 57.6 cm³/mol. The summed E-state index contributed by atoms with van der Waals surface area (Å²) in [7, 11) is 1.60. The Morgan fingerprint density at radius 1 is 1.57 bits per heavy atom. The summed E-state index contributed by atoms with van der Waals surface area (Å²) in [4.78, 5) is 0. The van der Waals surface area contributed by atoms with Gasteiger partial charge in [0.05, 0.1) is 25.1 Å². The molecule has 0 amide bonds. The van der Waals surface area contributed by atoms with Crippen LogP contribution in [-0.4, -0.2) is 24.9 Å². The number of aliphatic hydroxyl groups is 1. The number of hydrogen-bond acceptors (Lipinski definition) is 4. The molecule has 0 bridgehead atoms. The smallest absolute Gasteiger partial charge is 0.121 e. The van der Waals surface area contributed by atoms with Crippen LogP contribution in [0.1, 0.15) is 6.92 Å². The second-order valence-electron chi connectivity index (χ2n) is 3.18. The molecule has 0 heterocycles. The van der Waals surface area contributed by atoms with Gasteiger partial charge in [-0.15, -0.1) is 0 Å². The van der Waals surface area contributed by atoms with E-state index in [1.165, 1.54) is 0 Å². The lowest BCUT2D eigenvalue weighted by molar-refractivity contribution is 0.281. The number of methoxy groups -OCH3 is 1. The Morgan fingerprint density at radius 2 is 2.29 bits per heavy atom. The highest BCUT2D eigenvalue weighted by atomic mass is 16.5. The van der Waals surface area contributed by atoms with E-state index in [0.717, 1.165) is 11.4 Å². The van der Waals surface area contributed by atoms with Crippen molar-refractivity contribution in [3.8, 4) is 5.75 Å². The minimum absolute atomic E-state index is 0.00862. The van der Waals surface area contributed by atoms with E-state index in [2.05, 4.69) is 5.32 Å². The van der Waals surface area contributed by atoms with Crippen molar-refractivity contribution in [2.75, 3.05) is 24.8 Å². The van der Waals surface area contributed by atoms with Crippen molar-refractivity contribution in [1.29, 1.82) is 0 Å². The largest absolute Gasteiger partial charge is 0.497 e. The van der Waals surface area contributed by atoms with Crippen LogP contribution in [0.5, 0.6) is 5.75 Å². The van der Waals surface area contributed by atoms with E-state index in [4.69, 9.17) is 15.6 Å². The molecule has 4 N–H and O–H groups in total. The topological polar surface area (TPSA) is 67.5 Å². The average molecular weight is 196 g/mol. The first kappa shape index (κ1) is 10.7. The zero-order valence-corrected chi connectivity index (χ0v) is 8.45. The maximum absolute atomic E-state index is 8.86. The molecule has 14 heavy (non-hydrogen) atoms. The molecule has 0 spiro atoms. The van der Waals surface area contributed by atoms with Gasteiger partial charge in [0.2, 0.25) is 0 Å². The SMILES string of the molecule is COc1ccc(NC(C)CO)c(N)c1. The maximum Gasteiger partial charge on any atom is 0.121 e. The van der Waals surface area contributed by atoms with Gasteiger partial charge in [-0.1, -0.05) is 0 Å². The third-order valence-corrected chi connectivity index (χ3v) is 1.93. The van der Waals surface area contributed by atoms with E-state index in [9.17, 15) is 0 Å². The molecule has 1 aromatic carbocycles. The number of nitrogen functional groups attached to an aromatic ring is 1. The molecule has 1 rings (SSSR count). The first-order valence-corrected chi connectivity index (χ1v) is 4.48. The highest BCUT2D eigenvalue weighted by Gasteiger charge is 2.04. The van der Waals surface area contributed by atoms with Crippen LogP contribution in [0.2, 0.25) is 0 Å². The molecule has 1 atom stereocenters. The van der Waals surface area contributed by atoms with Crippen molar-refractivity contribution in [2.45, 2.75) is 13.0 Å². The zero-order valence-electron chi connectivity index (χ0n) is 8.45. The van der Waals surface area contributed by atoms with Crippen molar-refractivity contribution in [3.63, 3.8) is 0 Å². The highest BCUT2D eigenvalue weighted by molar-refractivity contribution is 5.68. The van der Waals surface area contributed by atoms with Crippen molar-refractivity contribution < 1.29 is 9.84 Å². The van der Waals surface area contributed by atoms with Gasteiger partial charge in [-0.3, -0.25) is 0 Å². The normalized spacial score (nSPS) is 12.2. The quantitative estimate of drug-likeness (QED) is 0.630. The Bertz CT molecular complexity index is 302. The summed E-state index contributed by atoms with van der Waals surface area (Å²) in [5.41, 5.74) is 7.20. The standard InChI is InChI=1S/C10H16N2O2/c1-7(6-13)12-10-4-3-8(14-2)5-9(10)11/h3-5,7,12-13H,6,11H2,1-2H3. The fourth-order valence-electron chi connectivity index (χ4n) is 1.11. The molecule has 0 aliphatic carbocycles. The van der Waals surface area contributed by atoms with Crippen LogP contribution in [0.4, 0.5) is 11.4 Å². The van der Waals surface area contributed by atoms with E-state index >= 15 is 0 Å². The third kappa shape index (κ3) is 2.53. The molecule has 78 valence electrons. The zero-order chi connectivity index (χ0) is 10.6. The number of benzene rings is 1. The van der Waals surface area contributed by atoms with Gasteiger partial charge in [0.25, 0.3) is 0 Å². The Morgan fingerprint density at radius 3 is 2.79 bits per heavy atom. The second kappa shape index (κ2) is 4.72. The summed E-state index contributed by atoms with van der Waals surface area (Å²) < 4.78 is 5.02. The van der Waals surface area contributed by atoms with Gasteiger partial charge in [0.15, 0.2) is 0 Å². The number of anilines is 2. The minimum Gasteiger partial charge on any atom is -0.497 e. The molecule has 0 aliphatic heterocycles. The van der Waals surface area contributed by atoms with Crippen molar-refractivity contribution in [2.24, 2.45) is 0 Å². The van der Waals surface area contributed by atoms with Crippen molar-refractivity contribution in [3.05, 3.63) is 18.2 Å². The van der Waals surface area contributed by atoms with Gasteiger partial charge in [0, 0.05) is 12.1 Å². The fourth-order valence-corrected chi connectivity index (χ4v) is 1.11. The molecule has 1 aromatic rings. The molecular formula is C10H16N2O2. The summed E-state index contributed by atoms with van der Waals surface area (Å²) in [5.74, 6) is 0.727. The second-order valence-corrected chi connectivity index (χ2v) is 3.18. The van der Waals surface area contributed by atoms with Gasteiger partial charge in [0.1, 0.15) is 5.75 Å². The van der Waals surface area contributed by atoms with Gasteiger partial charge >= 0.3 is 0 Å². The summed E-state index contributed by atoms with van der Waals surface area (Å²) in [6.07, 6.45) is 0. The molecule has 0 radical (unpaired) electrons. The van der Waals surface area contributed by atoms with Crippen LogP contribution in [0, 0.1) is 0 Å². The first-order valence-electron chi connectivity index (χ1n) is 4.48. The number of nitrogens with one attached hydrogen (secondary N) is 1. The molecule has 4 heteroatoms. The van der Waals surface area contributed by atoms with Crippen LogP contribution >= 0.6 is 0 Å². The monoisotopic (exact) mass is 196 g/mol. The molecular weight excluding hydrogens is 180 g/mol. The molecule has 0 aromatic heterocycles. The average Bonchev–Trinajstić information content (AvgIpc) is 2.20. The summed E-state index contributed by atoms with van der Waals surface area (Å²) >= 11 is 0. The summed E-state index contributed by atoms with van der Waals surface area (Å²) in [5, 5.41) is 11.9. The number of hydrogen-bond donors (Lipinski definition) is 3. The van der Waals surface area contributed by atoms with E-state index in [-0.39, 0.29) is 12.6 Å². The van der Waals surface area contributed by atoms with Gasteiger partial charge in [-0.2, -0.15) is 0 Å².